The van der Waals surface area contributed by atoms with Crippen molar-refractivity contribution in [2.75, 3.05) is 6.54 Å². The first kappa shape index (κ1) is 13.4. The zero-order chi connectivity index (χ0) is 13.1. The van der Waals surface area contributed by atoms with Crippen LogP contribution in [0.3, 0.4) is 0 Å². The monoisotopic (exact) mass is 241 g/mol. The molecule has 1 aromatic rings. The highest BCUT2D eigenvalue weighted by molar-refractivity contribution is 5.67. The van der Waals surface area contributed by atoms with Crippen molar-refractivity contribution in [3.8, 4) is 0 Å². The van der Waals surface area contributed by atoms with Crippen LogP contribution in [-0.2, 0) is 11.8 Å². The van der Waals surface area contributed by atoms with Crippen molar-refractivity contribution in [1.29, 1.82) is 0 Å². The Balaban J connectivity index is 2.38. The van der Waals surface area contributed by atoms with Crippen LogP contribution < -0.4 is 11.1 Å². The lowest BCUT2D eigenvalue weighted by atomic mass is 10.2. The zero-order valence-electron chi connectivity index (χ0n) is 10.6. The van der Waals surface area contributed by atoms with E-state index in [-0.39, 0.29) is 6.54 Å². The summed E-state index contributed by atoms with van der Waals surface area (Å²) in [5, 5.41) is 10.2. The minimum atomic E-state index is -0.513. The molecule has 0 saturated heterocycles. The van der Waals surface area contributed by atoms with Crippen molar-refractivity contribution < 1.29 is 9.53 Å². The van der Waals surface area contributed by atoms with Gasteiger partial charge >= 0.3 is 6.09 Å². The molecule has 0 bridgehead atoms. The minimum absolute atomic E-state index is 0.258. The molecule has 1 atom stereocenters. The maximum absolute atomic E-state index is 11.4. The predicted octanol–water partition coefficient (Wildman–Crippen LogP) is 0.340. The molecule has 0 aromatic carbocycles. The van der Waals surface area contributed by atoms with Gasteiger partial charge in [0, 0.05) is 19.8 Å². The Labute approximate surface area is 100 Å². The van der Waals surface area contributed by atoms with Crippen LogP contribution in [0.5, 0.6) is 0 Å². The molecular weight excluding hydrogens is 222 g/mol. The Morgan fingerprint density at radius 3 is 2.76 bits per heavy atom. The van der Waals surface area contributed by atoms with Gasteiger partial charge in [-0.3, -0.25) is 4.68 Å². The maximum atomic E-state index is 11.4. The molecule has 1 amide bonds. The van der Waals surface area contributed by atoms with Gasteiger partial charge < -0.3 is 15.8 Å². The van der Waals surface area contributed by atoms with Gasteiger partial charge in [-0.15, -0.1) is 5.10 Å². The highest BCUT2D eigenvalue weighted by Crippen LogP contribution is 2.07. The number of carbonyl (C=O) groups excluding carboxylic acids is 1. The second kappa shape index (κ2) is 5.13. The lowest BCUT2D eigenvalue weighted by molar-refractivity contribution is 0.0524. The van der Waals surface area contributed by atoms with Gasteiger partial charge in [-0.1, -0.05) is 5.21 Å². The number of nitrogens with two attached hydrogens (primary N) is 1. The third-order valence-electron chi connectivity index (χ3n) is 1.87. The molecule has 17 heavy (non-hydrogen) atoms. The van der Waals surface area contributed by atoms with Crippen molar-refractivity contribution in [3.05, 3.63) is 11.9 Å². The van der Waals surface area contributed by atoms with Crippen molar-refractivity contribution in [2.45, 2.75) is 32.4 Å². The Morgan fingerprint density at radius 2 is 2.29 bits per heavy atom. The number of alkyl carbamates (subject to hydrolysis) is 1. The molecule has 96 valence electrons. The van der Waals surface area contributed by atoms with Gasteiger partial charge in [-0.2, -0.15) is 0 Å². The van der Waals surface area contributed by atoms with Gasteiger partial charge in [0.2, 0.25) is 0 Å². The molecule has 0 saturated carbocycles. The first-order chi connectivity index (χ1) is 7.78. The van der Waals surface area contributed by atoms with Crippen LogP contribution in [0.2, 0.25) is 0 Å². The molecule has 0 aliphatic heterocycles. The zero-order valence-corrected chi connectivity index (χ0v) is 10.6. The van der Waals surface area contributed by atoms with Crippen molar-refractivity contribution in [2.24, 2.45) is 12.8 Å². The first-order valence-electron chi connectivity index (χ1n) is 5.36. The summed E-state index contributed by atoms with van der Waals surface area (Å²) in [6.45, 7) is 5.66. The molecule has 0 aliphatic carbocycles. The van der Waals surface area contributed by atoms with Gasteiger partial charge in [-0.25, -0.2) is 4.79 Å². The second-order valence-electron chi connectivity index (χ2n) is 4.81. The van der Waals surface area contributed by atoms with Gasteiger partial charge in [0.05, 0.1) is 6.04 Å². The van der Waals surface area contributed by atoms with Gasteiger partial charge in [-0.05, 0) is 20.8 Å². The van der Waals surface area contributed by atoms with E-state index >= 15 is 0 Å². The Hall–Kier alpha value is -1.63. The van der Waals surface area contributed by atoms with E-state index < -0.39 is 17.7 Å². The Morgan fingerprint density at radius 1 is 1.65 bits per heavy atom. The second-order valence-corrected chi connectivity index (χ2v) is 4.81. The lowest BCUT2D eigenvalue weighted by Crippen LogP contribution is -2.36. The lowest BCUT2D eigenvalue weighted by Gasteiger charge is -2.20. The van der Waals surface area contributed by atoms with Crippen LogP contribution in [0.25, 0.3) is 0 Å². The largest absolute Gasteiger partial charge is 0.444 e. The molecule has 7 nitrogen and oxygen atoms in total. The normalized spacial score (nSPS) is 13.2. The SMILES string of the molecule is Cn1cc(C(N)CNC(=O)OC(C)(C)C)nn1. The first-order valence-corrected chi connectivity index (χ1v) is 5.36. The van der Waals surface area contributed by atoms with E-state index in [9.17, 15) is 4.79 Å². The molecule has 1 aromatic heterocycles. The van der Waals surface area contributed by atoms with E-state index in [4.69, 9.17) is 10.5 Å². The van der Waals surface area contributed by atoms with Crippen LogP contribution in [-0.4, -0.2) is 33.2 Å². The molecule has 1 heterocycles. The number of aryl methyl sites for hydroxylation is 1. The van der Waals surface area contributed by atoms with E-state index in [0.717, 1.165) is 0 Å². The highest BCUT2D eigenvalue weighted by atomic mass is 16.6. The molecule has 1 unspecified atom stereocenters. The minimum Gasteiger partial charge on any atom is -0.444 e. The average molecular weight is 241 g/mol. The molecule has 0 spiro atoms. The number of aromatic nitrogens is 3. The van der Waals surface area contributed by atoms with Crippen LogP contribution in [0.4, 0.5) is 4.79 Å². The fourth-order valence-electron chi connectivity index (χ4n) is 1.15. The number of hydrogen-bond donors (Lipinski definition) is 2. The van der Waals surface area contributed by atoms with E-state index in [1.807, 2.05) is 0 Å². The Kier molecular flexibility index (Phi) is 4.06. The van der Waals surface area contributed by atoms with Crippen LogP contribution in [0, 0.1) is 0 Å². The topological polar surface area (TPSA) is 95.1 Å². The molecule has 7 heteroatoms. The van der Waals surface area contributed by atoms with Crippen LogP contribution in [0.1, 0.15) is 32.5 Å². The molecule has 0 fully saturated rings. The predicted molar refractivity (Wildman–Crippen MR) is 62.2 cm³/mol. The quantitative estimate of drug-likeness (QED) is 0.795. The summed E-state index contributed by atoms with van der Waals surface area (Å²) in [5.41, 5.74) is 5.95. The smallest absolute Gasteiger partial charge is 0.407 e. The summed E-state index contributed by atoms with van der Waals surface area (Å²) in [4.78, 5) is 11.4. The number of carbonyl (C=O) groups is 1. The molecule has 3 N–H and O–H groups in total. The highest BCUT2D eigenvalue weighted by Gasteiger charge is 2.17. The third kappa shape index (κ3) is 4.81. The van der Waals surface area contributed by atoms with Gasteiger partial charge in [0.15, 0.2) is 0 Å². The number of hydrogen-bond acceptors (Lipinski definition) is 5. The van der Waals surface area contributed by atoms with E-state index in [0.29, 0.717) is 5.69 Å². The molecule has 0 radical (unpaired) electrons. The fraction of sp³-hybridized carbons (Fsp3) is 0.700. The Bertz CT molecular complexity index is 382. The summed E-state index contributed by atoms with van der Waals surface area (Å²) in [6, 6.07) is -0.392. The summed E-state index contributed by atoms with van der Waals surface area (Å²) in [5.74, 6) is 0. The van der Waals surface area contributed by atoms with Crippen LogP contribution >= 0.6 is 0 Å². The third-order valence-corrected chi connectivity index (χ3v) is 1.87. The summed E-state index contributed by atoms with van der Waals surface area (Å²) in [7, 11) is 1.75. The number of amides is 1. The maximum Gasteiger partial charge on any atom is 0.407 e. The van der Waals surface area contributed by atoms with E-state index in [1.165, 1.54) is 0 Å². The fourth-order valence-corrected chi connectivity index (χ4v) is 1.15. The number of rotatable bonds is 3. The van der Waals surface area contributed by atoms with Crippen molar-refractivity contribution in [1.82, 2.24) is 20.3 Å². The number of ether oxygens (including phenoxy) is 1. The molecule has 1 rings (SSSR count). The van der Waals surface area contributed by atoms with Gasteiger partial charge in [0.1, 0.15) is 11.3 Å². The number of nitrogens with zero attached hydrogens (tertiary/aromatic N) is 3. The summed E-state index contributed by atoms with van der Waals surface area (Å²) in [6.07, 6.45) is 1.22. The summed E-state index contributed by atoms with van der Waals surface area (Å²) < 4.78 is 6.64. The summed E-state index contributed by atoms with van der Waals surface area (Å²) >= 11 is 0. The van der Waals surface area contributed by atoms with Gasteiger partial charge in [0.25, 0.3) is 0 Å². The van der Waals surface area contributed by atoms with E-state index in [2.05, 4.69) is 15.6 Å². The number of nitrogens with one attached hydrogen (secondary N) is 1. The van der Waals surface area contributed by atoms with Crippen LogP contribution in [0.15, 0.2) is 6.20 Å². The molecule has 0 aliphatic rings. The standard InChI is InChI=1S/C10H19N5O2/c1-10(2,3)17-9(16)12-5-7(11)8-6-15(4)14-13-8/h6-7H,5,11H2,1-4H3,(H,12,16). The molecular formula is C10H19N5O2. The van der Waals surface area contributed by atoms with Crippen molar-refractivity contribution >= 4 is 6.09 Å². The van der Waals surface area contributed by atoms with Crippen molar-refractivity contribution in [3.63, 3.8) is 0 Å². The average Bonchev–Trinajstić information content (AvgIpc) is 2.58. The van der Waals surface area contributed by atoms with E-state index in [1.54, 1.807) is 38.7 Å².